The van der Waals surface area contributed by atoms with E-state index in [-0.39, 0.29) is 5.82 Å². The number of imidazole rings is 1. The molecule has 2 rings (SSSR count). The van der Waals surface area contributed by atoms with Crippen LogP contribution in [0.25, 0.3) is 0 Å². The molecule has 0 aliphatic rings. The van der Waals surface area contributed by atoms with E-state index in [0.717, 1.165) is 17.8 Å². The predicted octanol–water partition coefficient (Wildman–Crippen LogP) is 4.04. The summed E-state index contributed by atoms with van der Waals surface area (Å²) >= 11 is 0. The SMILES string of the molecule is Cc1ccc(F)c(Nc2nc(C)cn2CC(C)C)c1. The highest BCUT2D eigenvalue weighted by Gasteiger charge is 2.10. The van der Waals surface area contributed by atoms with Gasteiger partial charge in [-0.2, -0.15) is 0 Å². The quantitative estimate of drug-likeness (QED) is 0.900. The Balaban J connectivity index is 2.29. The molecule has 0 atom stereocenters. The fourth-order valence-corrected chi connectivity index (χ4v) is 2.03. The number of rotatable bonds is 4. The van der Waals surface area contributed by atoms with Gasteiger partial charge in [-0.3, -0.25) is 0 Å². The van der Waals surface area contributed by atoms with Crippen LogP contribution in [0.2, 0.25) is 0 Å². The average Bonchev–Trinajstić information content (AvgIpc) is 2.63. The van der Waals surface area contributed by atoms with E-state index in [0.29, 0.717) is 17.6 Å². The van der Waals surface area contributed by atoms with Crippen molar-refractivity contribution >= 4 is 11.6 Å². The van der Waals surface area contributed by atoms with Crippen LogP contribution in [0.1, 0.15) is 25.1 Å². The highest BCUT2D eigenvalue weighted by atomic mass is 19.1. The molecule has 0 aliphatic heterocycles. The van der Waals surface area contributed by atoms with Crippen molar-refractivity contribution < 1.29 is 4.39 Å². The lowest BCUT2D eigenvalue weighted by molar-refractivity contribution is 0.527. The van der Waals surface area contributed by atoms with Gasteiger partial charge in [0.2, 0.25) is 5.95 Å². The summed E-state index contributed by atoms with van der Waals surface area (Å²) in [6, 6.07) is 5.02. The maximum absolute atomic E-state index is 13.8. The molecule has 0 saturated carbocycles. The molecule has 0 bridgehead atoms. The molecule has 4 heteroatoms. The topological polar surface area (TPSA) is 29.9 Å². The summed E-state index contributed by atoms with van der Waals surface area (Å²) in [4.78, 5) is 4.41. The zero-order chi connectivity index (χ0) is 14.0. The first-order chi connectivity index (χ1) is 8.95. The molecular weight excluding hydrogens is 241 g/mol. The van der Waals surface area contributed by atoms with E-state index in [1.807, 2.05) is 24.6 Å². The Kier molecular flexibility index (Phi) is 3.88. The van der Waals surface area contributed by atoms with Crippen molar-refractivity contribution in [2.45, 2.75) is 34.2 Å². The van der Waals surface area contributed by atoms with Gasteiger partial charge >= 0.3 is 0 Å². The number of hydrogen-bond donors (Lipinski definition) is 1. The molecule has 1 N–H and O–H groups in total. The maximum atomic E-state index is 13.8. The van der Waals surface area contributed by atoms with Gasteiger partial charge in [0.15, 0.2) is 0 Å². The summed E-state index contributed by atoms with van der Waals surface area (Å²) in [5, 5.41) is 3.08. The van der Waals surface area contributed by atoms with E-state index in [1.165, 1.54) is 6.07 Å². The summed E-state index contributed by atoms with van der Waals surface area (Å²) in [7, 11) is 0. The Morgan fingerprint density at radius 3 is 2.74 bits per heavy atom. The molecule has 0 fully saturated rings. The minimum absolute atomic E-state index is 0.262. The number of nitrogens with one attached hydrogen (secondary N) is 1. The van der Waals surface area contributed by atoms with E-state index in [2.05, 4.69) is 24.1 Å². The van der Waals surface area contributed by atoms with Gasteiger partial charge in [0.05, 0.1) is 11.4 Å². The van der Waals surface area contributed by atoms with E-state index in [9.17, 15) is 4.39 Å². The van der Waals surface area contributed by atoms with Gasteiger partial charge < -0.3 is 9.88 Å². The maximum Gasteiger partial charge on any atom is 0.207 e. The first-order valence-corrected chi connectivity index (χ1v) is 6.52. The van der Waals surface area contributed by atoms with Crippen molar-refractivity contribution in [1.29, 1.82) is 0 Å². The van der Waals surface area contributed by atoms with Crippen LogP contribution in [-0.4, -0.2) is 9.55 Å². The van der Waals surface area contributed by atoms with Crippen LogP contribution in [-0.2, 0) is 6.54 Å². The molecule has 0 saturated heterocycles. The van der Waals surface area contributed by atoms with Crippen LogP contribution in [0.4, 0.5) is 16.0 Å². The Labute approximate surface area is 113 Å². The molecule has 1 aromatic carbocycles. The molecule has 19 heavy (non-hydrogen) atoms. The lowest BCUT2D eigenvalue weighted by atomic mass is 10.2. The standard InChI is InChI=1S/C15H20FN3/c1-10(2)8-19-9-12(4)17-15(19)18-14-7-11(3)5-6-13(14)16/h5-7,9-10H,8H2,1-4H3,(H,17,18). The number of aryl methyl sites for hydroxylation is 2. The lowest BCUT2D eigenvalue weighted by Crippen LogP contribution is -2.08. The molecule has 102 valence electrons. The Hall–Kier alpha value is -1.84. The first-order valence-electron chi connectivity index (χ1n) is 6.52. The number of anilines is 2. The fourth-order valence-electron chi connectivity index (χ4n) is 2.03. The third-order valence-corrected chi connectivity index (χ3v) is 2.83. The minimum atomic E-state index is -0.262. The Morgan fingerprint density at radius 1 is 1.32 bits per heavy atom. The average molecular weight is 261 g/mol. The van der Waals surface area contributed by atoms with Crippen LogP contribution < -0.4 is 5.32 Å². The summed E-state index contributed by atoms with van der Waals surface area (Å²) in [6.07, 6.45) is 1.98. The van der Waals surface area contributed by atoms with Crippen LogP contribution >= 0.6 is 0 Å². The number of benzene rings is 1. The zero-order valence-corrected chi connectivity index (χ0v) is 11.9. The Bertz CT molecular complexity index is 573. The highest BCUT2D eigenvalue weighted by molar-refractivity contribution is 5.56. The zero-order valence-electron chi connectivity index (χ0n) is 11.9. The number of halogens is 1. The summed E-state index contributed by atoms with van der Waals surface area (Å²) in [5.74, 6) is 0.939. The second-order valence-corrected chi connectivity index (χ2v) is 5.36. The lowest BCUT2D eigenvalue weighted by Gasteiger charge is -2.12. The Morgan fingerprint density at radius 2 is 2.05 bits per heavy atom. The molecular formula is C15H20FN3. The smallest absolute Gasteiger partial charge is 0.207 e. The van der Waals surface area contributed by atoms with Crippen LogP contribution in [0.15, 0.2) is 24.4 Å². The monoisotopic (exact) mass is 261 g/mol. The normalized spacial score (nSPS) is 11.1. The van der Waals surface area contributed by atoms with Gasteiger partial charge in [0.1, 0.15) is 5.82 Å². The van der Waals surface area contributed by atoms with Crippen molar-refractivity contribution in [2.24, 2.45) is 5.92 Å². The summed E-state index contributed by atoms with van der Waals surface area (Å²) in [6.45, 7) is 9.03. The minimum Gasteiger partial charge on any atom is -0.323 e. The van der Waals surface area contributed by atoms with Crippen LogP contribution in [0.3, 0.4) is 0 Å². The summed E-state index contributed by atoms with van der Waals surface area (Å²) < 4.78 is 15.8. The number of nitrogens with zero attached hydrogens (tertiary/aromatic N) is 2. The van der Waals surface area contributed by atoms with Gasteiger partial charge in [0.25, 0.3) is 0 Å². The van der Waals surface area contributed by atoms with Crippen molar-refractivity contribution in [2.75, 3.05) is 5.32 Å². The third-order valence-electron chi connectivity index (χ3n) is 2.83. The fraction of sp³-hybridized carbons (Fsp3) is 0.400. The summed E-state index contributed by atoms with van der Waals surface area (Å²) in [5.41, 5.74) is 2.41. The largest absolute Gasteiger partial charge is 0.323 e. The van der Waals surface area contributed by atoms with Crippen molar-refractivity contribution in [3.8, 4) is 0 Å². The van der Waals surface area contributed by atoms with E-state index < -0.39 is 0 Å². The molecule has 2 aromatic rings. The molecule has 0 unspecified atom stereocenters. The van der Waals surface area contributed by atoms with Crippen LogP contribution in [0.5, 0.6) is 0 Å². The van der Waals surface area contributed by atoms with Gasteiger partial charge in [-0.25, -0.2) is 9.37 Å². The molecule has 1 heterocycles. The molecule has 0 spiro atoms. The molecule has 0 aliphatic carbocycles. The van der Waals surface area contributed by atoms with Gasteiger partial charge in [-0.05, 0) is 37.5 Å². The molecule has 0 radical (unpaired) electrons. The van der Waals surface area contributed by atoms with E-state index >= 15 is 0 Å². The second kappa shape index (κ2) is 5.43. The van der Waals surface area contributed by atoms with E-state index in [1.54, 1.807) is 12.1 Å². The van der Waals surface area contributed by atoms with Gasteiger partial charge in [-0.1, -0.05) is 19.9 Å². The highest BCUT2D eigenvalue weighted by Crippen LogP contribution is 2.21. The van der Waals surface area contributed by atoms with Crippen molar-refractivity contribution in [3.05, 3.63) is 41.5 Å². The molecule has 0 amide bonds. The first kappa shape index (κ1) is 13.6. The van der Waals surface area contributed by atoms with E-state index in [4.69, 9.17) is 0 Å². The van der Waals surface area contributed by atoms with Gasteiger partial charge in [0, 0.05) is 12.7 Å². The molecule has 1 aromatic heterocycles. The third kappa shape index (κ3) is 3.34. The molecule has 3 nitrogen and oxygen atoms in total. The van der Waals surface area contributed by atoms with Gasteiger partial charge in [-0.15, -0.1) is 0 Å². The second-order valence-electron chi connectivity index (χ2n) is 5.36. The number of hydrogen-bond acceptors (Lipinski definition) is 2. The van der Waals surface area contributed by atoms with Crippen molar-refractivity contribution in [3.63, 3.8) is 0 Å². The number of aromatic nitrogens is 2. The van der Waals surface area contributed by atoms with Crippen molar-refractivity contribution in [1.82, 2.24) is 9.55 Å². The predicted molar refractivity (Wildman–Crippen MR) is 76.2 cm³/mol. The van der Waals surface area contributed by atoms with Crippen LogP contribution in [0, 0.1) is 25.6 Å².